The summed E-state index contributed by atoms with van der Waals surface area (Å²) in [6.07, 6.45) is 1.61. The van der Waals surface area contributed by atoms with Gasteiger partial charge in [0.05, 0.1) is 18.1 Å². The van der Waals surface area contributed by atoms with Crippen molar-refractivity contribution < 1.29 is 28.7 Å². The Morgan fingerprint density at radius 1 is 1.00 bits per heavy atom. The highest BCUT2D eigenvalue weighted by molar-refractivity contribution is 6.01. The van der Waals surface area contributed by atoms with E-state index in [0.717, 1.165) is 29.7 Å². The zero-order valence-corrected chi connectivity index (χ0v) is 21.3. The van der Waals surface area contributed by atoms with Gasteiger partial charge in [0, 0.05) is 24.3 Å². The van der Waals surface area contributed by atoms with Crippen LogP contribution in [0.1, 0.15) is 55.6 Å². The molecule has 2 aromatic carbocycles. The summed E-state index contributed by atoms with van der Waals surface area (Å²) in [6.45, 7) is 8.08. The maximum absolute atomic E-state index is 12.8. The molecule has 8 heteroatoms. The molecule has 1 N–H and O–H groups in total. The number of anilines is 2. The number of esters is 2. The third kappa shape index (κ3) is 6.71. The first-order chi connectivity index (χ1) is 17.2. The molecule has 8 nitrogen and oxygen atoms in total. The molecule has 1 heterocycles. The van der Waals surface area contributed by atoms with Crippen LogP contribution in [0.2, 0.25) is 0 Å². The molecule has 0 aliphatic carbocycles. The number of carbonyl (C=O) groups is 4. The Morgan fingerprint density at radius 3 is 2.22 bits per heavy atom. The fourth-order valence-electron chi connectivity index (χ4n) is 4.11. The highest BCUT2D eigenvalue weighted by Gasteiger charge is 2.37. The van der Waals surface area contributed by atoms with E-state index >= 15 is 0 Å². The van der Waals surface area contributed by atoms with Gasteiger partial charge in [-0.25, -0.2) is 4.79 Å². The molecule has 3 rings (SSSR count). The number of amides is 2. The zero-order chi connectivity index (χ0) is 26.2. The van der Waals surface area contributed by atoms with Gasteiger partial charge < -0.3 is 19.7 Å². The van der Waals surface area contributed by atoms with Gasteiger partial charge in [-0.05, 0) is 54.2 Å². The second-order valence-electron chi connectivity index (χ2n) is 9.26. The Bertz CT molecular complexity index is 1090. The van der Waals surface area contributed by atoms with Crippen molar-refractivity contribution in [1.29, 1.82) is 0 Å². The first-order valence-corrected chi connectivity index (χ1v) is 12.4. The average molecular weight is 495 g/mol. The molecule has 1 fully saturated rings. The number of hydrogen-bond acceptors (Lipinski definition) is 6. The van der Waals surface area contributed by atoms with Gasteiger partial charge in [0.1, 0.15) is 0 Å². The minimum absolute atomic E-state index is 0.0516. The van der Waals surface area contributed by atoms with Crippen molar-refractivity contribution in [3.8, 4) is 0 Å². The monoisotopic (exact) mass is 494 g/mol. The summed E-state index contributed by atoms with van der Waals surface area (Å²) in [4.78, 5) is 51.4. The van der Waals surface area contributed by atoms with E-state index in [4.69, 9.17) is 9.47 Å². The molecule has 1 atom stereocenters. The molecule has 1 saturated heterocycles. The Morgan fingerprint density at radius 2 is 1.64 bits per heavy atom. The maximum atomic E-state index is 12.8. The van der Waals surface area contributed by atoms with Crippen LogP contribution < -0.4 is 10.2 Å². The maximum Gasteiger partial charge on any atom is 0.338 e. The number of ether oxygens (including phenoxy) is 2. The van der Waals surface area contributed by atoms with Gasteiger partial charge in [0.15, 0.2) is 6.61 Å². The molecule has 0 bridgehead atoms. The van der Waals surface area contributed by atoms with E-state index in [1.54, 1.807) is 29.2 Å². The third-order valence-electron chi connectivity index (χ3n) is 5.99. The van der Waals surface area contributed by atoms with Gasteiger partial charge in [0.2, 0.25) is 5.91 Å². The van der Waals surface area contributed by atoms with Crippen LogP contribution in [-0.4, -0.2) is 43.5 Å². The van der Waals surface area contributed by atoms with Crippen molar-refractivity contribution in [2.24, 2.45) is 11.8 Å². The Kier molecular flexibility index (Phi) is 9.22. The van der Waals surface area contributed by atoms with Crippen LogP contribution in [0, 0.1) is 11.8 Å². The summed E-state index contributed by atoms with van der Waals surface area (Å²) < 4.78 is 10.4. The molecule has 1 aliphatic heterocycles. The Labute approximate surface area is 212 Å². The van der Waals surface area contributed by atoms with Crippen LogP contribution in [0.3, 0.4) is 0 Å². The minimum atomic E-state index is -0.629. The van der Waals surface area contributed by atoms with E-state index in [9.17, 15) is 19.2 Å². The lowest BCUT2D eigenvalue weighted by molar-refractivity contribution is -0.151. The number of nitrogens with zero attached hydrogens (tertiary/aromatic N) is 1. The number of nitrogens with one attached hydrogen (secondary N) is 1. The molecule has 0 spiro atoms. The molecule has 2 amide bonds. The van der Waals surface area contributed by atoms with Gasteiger partial charge in [0.25, 0.3) is 5.91 Å². The molecule has 0 radical (unpaired) electrons. The summed E-state index contributed by atoms with van der Waals surface area (Å²) in [5.74, 6) is -2.02. The van der Waals surface area contributed by atoms with Crippen LogP contribution in [-0.2, 0) is 36.7 Å². The summed E-state index contributed by atoms with van der Waals surface area (Å²) in [6, 6.07) is 12.3. The normalized spacial score (nSPS) is 15.2. The Balaban J connectivity index is 1.52. The highest BCUT2D eigenvalue weighted by Crippen LogP contribution is 2.32. The molecular formula is C28H34N2O6. The van der Waals surface area contributed by atoms with Crippen LogP contribution in [0.5, 0.6) is 0 Å². The largest absolute Gasteiger partial charge is 0.462 e. The van der Waals surface area contributed by atoms with E-state index in [1.165, 1.54) is 0 Å². The van der Waals surface area contributed by atoms with E-state index < -0.39 is 30.4 Å². The van der Waals surface area contributed by atoms with Crippen molar-refractivity contribution in [2.45, 2.75) is 47.0 Å². The van der Waals surface area contributed by atoms with Gasteiger partial charge >= 0.3 is 11.9 Å². The number of carbonyl (C=O) groups excluding carboxylic acids is 4. The molecule has 0 aromatic heterocycles. The minimum Gasteiger partial charge on any atom is -0.462 e. The van der Waals surface area contributed by atoms with Crippen LogP contribution in [0.15, 0.2) is 42.5 Å². The summed E-state index contributed by atoms with van der Waals surface area (Å²) >= 11 is 0. The zero-order valence-electron chi connectivity index (χ0n) is 21.3. The summed E-state index contributed by atoms with van der Waals surface area (Å²) in [7, 11) is 0. The molecular weight excluding hydrogens is 460 g/mol. The van der Waals surface area contributed by atoms with Crippen molar-refractivity contribution in [3.63, 3.8) is 0 Å². The second kappa shape index (κ2) is 12.3. The molecule has 2 aromatic rings. The van der Waals surface area contributed by atoms with Crippen molar-refractivity contribution >= 4 is 35.1 Å². The lowest BCUT2D eigenvalue weighted by Gasteiger charge is -2.23. The molecule has 0 saturated carbocycles. The van der Waals surface area contributed by atoms with E-state index in [0.29, 0.717) is 17.9 Å². The number of rotatable bonds is 10. The first kappa shape index (κ1) is 26.9. The van der Waals surface area contributed by atoms with Crippen molar-refractivity contribution in [1.82, 2.24) is 0 Å². The fourth-order valence-corrected chi connectivity index (χ4v) is 4.11. The van der Waals surface area contributed by atoms with Gasteiger partial charge in [-0.1, -0.05) is 45.9 Å². The predicted molar refractivity (Wildman–Crippen MR) is 137 cm³/mol. The van der Waals surface area contributed by atoms with Crippen LogP contribution >= 0.6 is 0 Å². The van der Waals surface area contributed by atoms with Crippen LogP contribution in [0.25, 0.3) is 0 Å². The van der Waals surface area contributed by atoms with Gasteiger partial charge in [-0.3, -0.25) is 14.4 Å². The third-order valence-corrected chi connectivity index (χ3v) is 5.99. The molecule has 36 heavy (non-hydrogen) atoms. The van der Waals surface area contributed by atoms with E-state index in [-0.39, 0.29) is 24.8 Å². The van der Waals surface area contributed by atoms with E-state index in [1.807, 2.05) is 45.9 Å². The standard InChI is InChI=1S/C28H34N2O6/c1-5-19-8-7-9-20(6-2)26(19)30-15-22(14-25(30)32)28(34)36-17-24(31)29-23-12-10-21(11-13-23)27(33)35-16-18(3)4/h7-13,18,22H,5-6,14-17H2,1-4H3,(H,29,31)/t22-/m0/s1. The van der Waals surface area contributed by atoms with Crippen molar-refractivity contribution in [2.75, 3.05) is 30.0 Å². The summed E-state index contributed by atoms with van der Waals surface area (Å²) in [5.41, 5.74) is 3.86. The fraction of sp³-hybridized carbons (Fsp3) is 0.429. The smallest absolute Gasteiger partial charge is 0.338 e. The lowest BCUT2D eigenvalue weighted by atomic mass is 10.0. The molecule has 192 valence electrons. The number of hydrogen-bond donors (Lipinski definition) is 1. The quantitative estimate of drug-likeness (QED) is 0.498. The lowest BCUT2D eigenvalue weighted by Crippen LogP contribution is -2.29. The molecule has 1 aliphatic rings. The predicted octanol–water partition coefficient (Wildman–Crippen LogP) is 4.16. The van der Waals surface area contributed by atoms with Crippen LogP contribution in [0.4, 0.5) is 11.4 Å². The average Bonchev–Trinajstić information content (AvgIpc) is 3.26. The first-order valence-electron chi connectivity index (χ1n) is 12.4. The van der Waals surface area contributed by atoms with Gasteiger partial charge in [-0.2, -0.15) is 0 Å². The molecule has 0 unspecified atom stereocenters. The Hall–Kier alpha value is -3.68. The summed E-state index contributed by atoms with van der Waals surface area (Å²) in [5, 5.41) is 2.63. The van der Waals surface area contributed by atoms with Gasteiger partial charge in [-0.15, -0.1) is 0 Å². The number of para-hydroxylation sites is 1. The number of benzene rings is 2. The SMILES string of the molecule is CCc1cccc(CC)c1N1C[C@@H](C(=O)OCC(=O)Nc2ccc(C(=O)OCC(C)C)cc2)CC1=O. The second-order valence-corrected chi connectivity index (χ2v) is 9.26. The highest BCUT2D eigenvalue weighted by atomic mass is 16.5. The number of aryl methyl sites for hydroxylation is 2. The van der Waals surface area contributed by atoms with E-state index in [2.05, 4.69) is 5.32 Å². The topological polar surface area (TPSA) is 102 Å². The van der Waals surface area contributed by atoms with Crippen molar-refractivity contribution in [3.05, 3.63) is 59.2 Å².